The minimum absolute atomic E-state index is 0.0725. The number of carbonyl (C=O) groups excluding carboxylic acids is 4. The van der Waals surface area contributed by atoms with Crippen molar-refractivity contribution in [1.82, 2.24) is 0 Å². The Balaban J connectivity index is 3.23. The molecular weight excluding hydrogens is 471 g/mol. The van der Waals surface area contributed by atoms with Gasteiger partial charge in [0.05, 0.1) is 0 Å². The predicted molar refractivity (Wildman–Crippen MR) is 103 cm³/mol. The molecule has 29 heavy (non-hydrogen) atoms. The maximum absolute atomic E-state index is 11.7. The van der Waals surface area contributed by atoms with Gasteiger partial charge in [-0.3, -0.25) is 0 Å². The Hall–Kier alpha value is -1.29. The first-order valence-corrected chi connectivity index (χ1v) is 15.3. The van der Waals surface area contributed by atoms with E-state index in [0.29, 0.717) is 11.0 Å². The number of aliphatic hydroxyl groups excluding tert-OH is 1. The summed E-state index contributed by atoms with van der Waals surface area (Å²) < 4.78 is 26.8. The van der Waals surface area contributed by atoms with E-state index >= 15 is 0 Å². The molecule has 0 amide bonds. The van der Waals surface area contributed by atoms with Crippen LogP contribution in [0.25, 0.3) is 0 Å². The second-order valence-electron chi connectivity index (χ2n) is 6.25. The van der Waals surface area contributed by atoms with E-state index in [4.69, 9.17) is 28.8 Å². The first-order chi connectivity index (χ1) is 13.5. The van der Waals surface area contributed by atoms with Crippen molar-refractivity contribution in [2.24, 2.45) is 0 Å². The molecule has 0 aromatic heterocycles. The van der Waals surface area contributed by atoms with Gasteiger partial charge in [0, 0.05) is 0 Å². The summed E-state index contributed by atoms with van der Waals surface area (Å²) in [7, 11) is 1.58. The Morgan fingerprint density at radius 1 is 0.862 bits per heavy atom. The van der Waals surface area contributed by atoms with Crippen molar-refractivity contribution in [3.63, 3.8) is 0 Å². The normalized spacial score (nSPS) is 27.4. The zero-order valence-corrected chi connectivity index (χ0v) is 19.7. The summed E-state index contributed by atoms with van der Waals surface area (Å²) in [5, 5.41) is 9.78. The summed E-state index contributed by atoms with van der Waals surface area (Å²) in [5.41, 5.74) is 2.05. The van der Waals surface area contributed by atoms with Gasteiger partial charge in [-0.15, -0.1) is 0 Å². The Labute approximate surface area is 177 Å². The molecule has 1 aliphatic rings. The fourth-order valence-electron chi connectivity index (χ4n) is 2.65. The number of hydrogen-bond donors (Lipinski definition) is 1. The van der Waals surface area contributed by atoms with Crippen LogP contribution in [0.5, 0.6) is 0 Å². The predicted octanol–water partition coefficient (Wildman–Crippen LogP) is 0.416. The Morgan fingerprint density at radius 2 is 1.34 bits per heavy atom. The molecule has 1 saturated heterocycles. The van der Waals surface area contributed by atoms with Crippen LogP contribution >= 0.6 is 10.0 Å². The molecule has 6 atom stereocenters. The SMILES string of the molecule is CC(=O)O[C@@H]1O[C@H](CS[As](C)CCO)[C@@H](OC(C)=O)[C@H](OC(C)=O)[C@H]1OC(C)=O. The van der Waals surface area contributed by atoms with E-state index in [1.807, 2.05) is 5.71 Å². The molecule has 1 N–H and O–H groups in total. The van der Waals surface area contributed by atoms with Crippen molar-refractivity contribution in [3.05, 3.63) is 0 Å². The van der Waals surface area contributed by atoms with E-state index in [2.05, 4.69) is 0 Å². The monoisotopic (exact) mass is 498 g/mol. The zero-order valence-electron chi connectivity index (χ0n) is 17.0. The van der Waals surface area contributed by atoms with E-state index in [1.54, 1.807) is 10.0 Å². The van der Waals surface area contributed by atoms with E-state index in [1.165, 1.54) is 6.92 Å². The maximum atomic E-state index is 11.7. The topological polar surface area (TPSA) is 135 Å². The van der Waals surface area contributed by atoms with Crippen molar-refractivity contribution < 1.29 is 48.0 Å². The zero-order chi connectivity index (χ0) is 22.1. The van der Waals surface area contributed by atoms with Gasteiger partial charge in [0.15, 0.2) is 0 Å². The third kappa shape index (κ3) is 8.94. The molecule has 0 spiro atoms. The second kappa shape index (κ2) is 12.4. The van der Waals surface area contributed by atoms with Gasteiger partial charge in [0.1, 0.15) is 0 Å². The van der Waals surface area contributed by atoms with Crippen LogP contribution in [0.1, 0.15) is 27.7 Å². The summed E-state index contributed by atoms with van der Waals surface area (Å²) in [4.78, 5) is 46.5. The van der Waals surface area contributed by atoms with Gasteiger partial charge >= 0.3 is 177 Å². The molecule has 1 aliphatic heterocycles. The summed E-state index contributed by atoms with van der Waals surface area (Å²) in [6, 6.07) is 0. The van der Waals surface area contributed by atoms with Crippen LogP contribution in [0, 0.1) is 0 Å². The summed E-state index contributed by atoms with van der Waals surface area (Å²) >= 11 is -1.40. The molecule has 1 unspecified atom stereocenters. The Kier molecular flexibility index (Phi) is 11.0. The molecule has 0 aromatic carbocycles. The number of carbonyl (C=O) groups is 4. The molecule has 0 saturated carbocycles. The van der Waals surface area contributed by atoms with Gasteiger partial charge in [0.2, 0.25) is 0 Å². The first kappa shape index (κ1) is 25.7. The second-order valence-corrected chi connectivity index (χ2v) is 15.3. The van der Waals surface area contributed by atoms with Gasteiger partial charge in [-0.2, -0.15) is 0 Å². The van der Waals surface area contributed by atoms with E-state index in [-0.39, 0.29) is 6.61 Å². The van der Waals surface area contributed by atoms with Crippen LogP contribution in [-0.4, -0.2) is 85.5 Å². The van der Waals surface area contributed by atoms with Crippen LogP contribution in [0.15, 0.2) is 0 Å². The third-order valence-electron chi connectivity index (χ3n) is 3.65. The quantitative estimate of drug-likeness (QED) is 0.269. The standard InChI is InChI=1S/C17H27AsO10S/c1-9(20)24-14-13(8-29-18(5)6-7-19)28-17(27-12(4)23)16(26-11(3)22)15(14)25-10(2)21/h13-17,19H,6-8H2,1-5H3/t13-,14-,15+,16-,17-,18?/m1/s1. The van der Waals surface area contributed by atoms with Crippen molar-refractivity contribution in [2.45, 2.75) is 69.3 Å². The van der Waals surface area contributed by atoms with Gasteiger partial charge in [0.25, 0.3) is 0 Å². The molecule has 166 valence electrons. The molecule has 12 heteroatoms. The van der Waals surface area contributed by atoms with E-state index in [9.17, 15) is 19.2 Å². The molecule has 1 fully saturated rings. The molecule has 0 radical (unpaired) electrons. The van der Waals surface area contributed by atoms with Crippen LogP contribution in [0.2, 0.25) is 10.9 Å². The summed E-state index contributed by atoms with van der Waals surface area (Å²) in [5.74, 6) is -2.39. The molecule has 0 aromatic rings. The van der Waals surface area contributed by atoms with E-state index in [0.717, 1.165) is 20.8 Å². The van der Waals surface area contributed by atoms with E-state index < -0.39 is 68.1 Å². The fraction of sp³-hybridized carbons (Fsp3) is 0.765. The molecule has 0 bridgehead atoms. The average molecular weight is 498 g/mol. The number of hydrogen-bond acceptors (Lipinski definition) is 11. The van der Waals surface area contributed by atoms with Crippen molar-refractivity contribution in [3.8, 4) is 0 Å². The van der Waals surface area contributed by atoms with Gasteiger partial charge in [-0.25, -0.2) is 0 Å². The fourth-order valence-corrected chi connectivity index (χ4v) is 7.81. The van der Waals surface area contributed by atoms with Crippen LogP contribution < -0.4 is 0 Å². The summed E-state index contributed by atoms with van der Waals surface area (Å²) in [6.07, 6.45) is -5.73. The Morgan fingerprint density at radius 3 is 1.83 bits per heavy atom. The van der Waals surface area contributed by atoms with Crippen molar-refractivity contribution >= 4 is 47.4 Å². The summed E-state index contributed by atoms with van der Waals surface area (Å²) in [6.45, 7) is 4.72. The Bertz CT molecular complexity index is 601. The van der Waals surface area contributed by atoms with Crippen LogP contribution in [-0.2, 0) is 42.9 Å². The van der Waals surface area contributed by atoms with Gasteiger partial charge < -0.3 is 0 Å². The third-order valence-corrected chi connectivity index (χ3v) is 11.0. The number of rotatable bonds is 9. The minimum atomic E-state index is -1.40. The van der Waals surface area contributed by atoms with Gasteiger partial charge in [-0.1, -0.05) is 0 Å². The molecular formula is C17H27AsO10S. The number of ether oxygens (including phenoxy) is 5. The average Bonchev–Trinajstić information content (AvgIpc) is 2.57. The molecule has 1 rings (SSSR count). The van der Waals surface area contributed by atoms with Crippen LogP contribution in [0.4, 0.5) is 0 Å². The number of esters is 4. The van der Waals surface area contributed by atoms with Crippen LogP contribution in [0.3, 0.4) is 0 Å². The molecule has 10 nitrogen and oxygen atoms in total. The number of aliphatic hydroxyl groups is 1. The van der Waals surface area contributed by atoms with Crippen molar-refractivity contribution in [2.75, 3.05) is 12.4 Å². The van der Waals surface area contributed by atoms with Crippen molar-refractivity contribution in [1.29, 1.82) is 0 Å². The first-order valence-electron chi connectivity index (χ1n) is 8.84. The molecule has 1 heterocycles. The van der Waals surface area contributed by atoms with Gasteiger partial charge in [-0.05, 0) is 0 Å². The molecule has 0 aliphatic carbocycles.